The van der Waals surface area contributed by atoms with Crippen molar-refractivity contribution < 1.29 is 18.7 Å². The number of hydrogen-bond acceptors (Lipinski definition) is 6. The summed E-state index contributed by atoms with van der Waals surface area (Å²) in [5, 5.41) is 2.81. The first kappa shape index (κ1) is 25.9. The first-order valence-corrected chi connectivity index (χ1v) is 12.8. The first-order chi connectivity index (χ1) is 17.4. The average Bonchev–Trinajstić information content (AvgIpc) is 2.83. The van der Waals surface area contributed by atoms with Crippen molar-refractivity contribution in [2.75, 3.05) is 44.2 Å². The number of aryl methyl sites for hydroxylation is 1. The standard InChI is InChI=1S/C27H36FN5O3/c1-20(2)36-27(35)30-22(11-10-21-7-3-4-8-24(21)28)17-26(34)33-18-23(19-33)31-13-15-32(16-14-31)25-9-5-6-12-29-25/h3-9,12,20,22-23H,10-11,13-19H2,1-2H3,(H,30,35). The van der Waals surface area contributed by atoms with Crippen LogP contribution in [0.1, 0.15) is 32.3 Å². The molecule has 2 aromatic rings. The number of alkyl carbamates (subject to hydrolysis) is 1. The number of rotatable bonds is 9. The van der Waals surface area contributed by atoms with Gasteiger partial charge in [0.05, 0.1) is 6.10 Å². The van der Waals surface area contributed by atoms with Gasteiger partial charge >= 0.3 is 6.09 Å². The third-order valence-electron chi connectivity index (χ3n) is 6.82. The normalized spacial score (nSPS) is 17.6. The van der Waals surface area contributed by atoms with Gasteiger partial charge in [0.2, 0.25) is 5.91 Å². The quantitative estimate of drug-likeness (QED) is 0.574. The summed E-state index contributed by atoms with van der Waals surface area (Å²) in [5.74, 6) is 0.732. The van der Waals surface area contributed by atoms with E-state index in [2.05, 4.69) is 20.1 Å². The average molecular weight is 498 g/mol. The van der Waals surface area contributed by atoms with Gasteiger partial charge in [-0.05, 0) is 50.5 Å². The molecule has 194 valence electrons. The molecule has 2 aliphatic rings. The highest BCUT2D eigenvalue weighted by Gasteiger charge is 2.36. The van der Waals surface area contributed by atoms with Gasteiger partial charge in [-0.1, -0.05) is 24.3 Å². The van der Waals surface area contributed by atoms with Crippen LogP contribution in [0.3, 0.4) is 0 Å². The SMILES string of the molecule is CC(C)OC(=O)NC(CCc1ccccc1F)CC(=O)N1CC(N2CCN(c3ccccn3)CC2)C1. The van der Waals surface area contributed by atoms with Gasteiger partial charge in [0.25, 0.3) is 0 Å². The second-order valence-electron chi connectivity index (χ2n) is 9.79. The molecule has 1 unspecified atom stereocenters. The number of piperazine rings is 1. The summed E-state index contributed by atoms with van der Waals surface area (Å²) in [7, 11) is 0. The summed E-state index contributed by atoms with van der Waals surface area (Å²) in [6.07, 6.45) is 2.05. The van der Waals surface area contributed by atoms with Crippen LogP contribution in [-0.2, 0) is 16.0 Å². The second-order valence-corrected chi connectivity index (χ2v) is 9.79. The lowest BCUT2D eigenvalue weighted by molar-refractivity contribution is -0.139. The number of carbonyl (C=O) groups is 2. The number of carbonyl (C=O) groups excluding carboxylic acids is 2. The Kier molecular flexibility index (Phi) is 8.74. The van der Waals surface area contributed by atoms with E-state index >= 15 is 0 Å². The van der Waals surface area contributed by atoms with Crippen molar-refractivity contribution in [3.63, 3.8) is 0 Å². The van der Waals surface area contributed by atoms with Gasteiger partial charge in [-0.15, -0.1) is 0 Å². The lowest BCUT2D eigenvalue weighted by atomic mass is 10.00. The molecule has 2 aliphatic heterocycles. The molecule has 2 amide bonds. The van der Waals surface area contributed by atoms with E-state index in [0.717, 1.165) is 32.0 Å². The Labute approximate surface area is 212 Å². The summed E-state index contributed by atoms with van der Waals surface area (Å²) in [6.45, 7) is 8.65. The number of halogens is 1. The number of benzene rings is 1. The zero-order chi connectivity index (χ0) is 25.5. The third kappa shape index (κ3) is 6.94. The minimum absolute atomic E-state index is 0.00162. The molecule has 0 saturated carbocycles. The van der Waals surface area contributed by atoms with Crippen LogP contribution in [0.25, 0.3) is 0 Å². The maximum Gasteiger partial charge on any atom is 0.407 e. The van der Waals surface area contributed by atoms with Crippen LogP contribution in [0.5, 0.6) is 0 Å². The Morgan fingerprint density at radius 1 is 1.08 bits per heavy atom. The number of ether oxygens (including phenoxy) is 1. The van der Waals surface area contributed by atoms with Crippen LogP contribution in [0, 0.1) is 5.82 Å². The van der Waals surface area contributed by atoms with Crippen LogP contribution in [0.15, 0.2) is 48.7 Å². The van der Waals surface area contributed by atoms with E-state index in [4.69, 9.17) is 4.74 Å². The second kappa shape index (κ2) is 12.2. The number of anilines is 1. The number of amides is 2. The van der Waals surface area contributed by atoms with E-state index in [9.17, 15) is 14.0 Å². The Bertz CT molecular complexity index is 1010. The molecular formula is C27H36FN5O3. The fourth-order valence-electron chi connectivity index (χ4n) is 4.76. The van der Waals surface area contributed by atoms with E-state index in [0.29, 0.717) is 37.5 Å². The molecular weight excluding hydrogens is 461 g/mol. The molecule has 36 heavy (non-hydrogen) atoms. The maximum atomic E-state index is 14.1. The number of pyridine rings is 1. The summed E-state index contributed by atoms with van der Waals surface area (Å²) in [5.41, 5.74) is 0.572. The van der Waals surface area contributed by atoms with Crippen molar-refractivity contribution in [3.05, 3.63) is 60.0 Å². The van der Waals surface area contributed by atoms with Crippen LogP contribution in [0.2, 0.25) is 0 Å². The van der Waals surface area contributed by atoms with Gasteiger partial charge in [0, 0.05) is 64.0 Å². The molecule has 2 fully saturated rings. The predicted molar refractivity (Wildman–Crippen MR) is 136 cm³/mol. The van der Waals surface area contributed by atoms with Crippen LogP contribution < -0.4 is 10.2 Å². The Morgan fingerprint density at radius 3 is 2.47 bits per heavy atom. The van der Waals surface area contributed by atoms with Crippen molar-refractivity contribution in [2.45, 2.75) is 51.3 Å². The minimum Gasteiger partial charge on any atom is -0.447 e. The molecule has 2 saturated heterocycles. The molecule has 8 nitrogen and oxygen atoms in total. The molecule has 9 heteroatoms. The summed E-state index contributed by atoms with van der Waals surface area (Å²) in [6, 6.07) is 12.5. The minimum atomic E-state index is -0.552. The fraction of sp³-hybridized carbons (Fsp3) is 0.519. The number of hydrogen-bond donors (Lipinski definition) is 1. The van der Waals surface area contributed by atoms with Crippen molar-refractivity contribution in [1.82, 2.24) is 20.1 Å². The van der Waals surface area contributed by atoms with Gasteiger partial charge in [-0.25, -0.2) is 14.2 Å². The molecule has 4 rings (SSSR count). The van der Waals surface area contributed by atoms with Crippen LogP contribution >= 0.6 is 0 Å². The zero-order valence-corrected chi connectivity index (χ0v) is 21.1. The topological polar surface area (TPSA) is 78.0 Å². The monoisotopic (exact) mass is 497 g/mol. The highest BCUT2D eigenvalue weighted by atomic mass is 19.1. The van der Waals surface area contributed by atoms with E-state index in [-0.39, 0.29) is 24.2 Å². The number of likely N-dealkylation sites (tertiary alicyclic amines) is 1. The highest BCUT2D eigenvalue weighted by molar-refractivity contribution is 5.78. The third-order valence-corrected chi connectivity index (χ3v) is 6.82. The molecule has 0 spiro atoms. The highest BCUT2D eigenvalue weighted by Crippen LogP contribution is 2.21. The lowest BCUT2D eigenvalue weighted by Crippen LogP contribution is -2.64. The van der Waals surface area contributed by atoms with Crippen molar-refractivity contribution in [1.29, 1.82) is 0 Å². The molecule has 0 bridgehead atoms. The number of aromatic nitrogens is 1. The van der Waals surface area contributed by atoms with E-state index in [1.807, 2.05) is 29.3 Å². The van der Waals surface area contributed by atoms with Crippen molar-refractivity contribution in [3.8, 4) is 0 Å². The van der Waals surface area contributed by atoms with Gasteiger partial charge in [-0.3, -0.25) is 9.69 Å². The Hall–Kier alpha value is -3.20. The summed E-state index contributed by atoms with van der Waals surface area (Å²) < 4.78 is 19.3. The van der Waals surface area contributed by atoms with Gasteiger partial charge in [-0.2, -0.15) is 0 Å². The first-order valence-electron chi connectivity index (χ1n) is 12.8. The summed E-state index contributed by atoms with van der Waals surface area (Å²) >= 11 is 0. The Morgan fingerprint density at radius 2 is 1.81 bits per heavy atom. The smallest absolute Gasteiger partial charge is 0.407 e. The van der Waals surface area contributed by atoms with E-state index < -0.39 is 12.1 Å². The molecule has 1 aromatic heterocycles. The number of nitrogens with one attached hydrogen (secondary N) is 1. The molecule has 1 N–H and O–H groups in total. The maximum absolute atomic E-state index is 14.1. The molecule has 3 heterocycles. The molecule has 1 aromatic carbocycles. The van der Waals surface area contributed by atoms with E-state index in [1.54, 1.807) is 32.0 Å². The summed E-state index contributed by atoms with van der Waals surface area (Å²) in [4.78, 5) is 36.2. The predicted octanol–water partition coefficient (Wildman–Crippen LogP) is 3.08. The lowest BCUT2D eigenvalue weighted by Gasteiger charge is -2.48. The van der Waals surface area contributed by atoms with Crippen molar-refractivity contribution in [2.24, 2.45) is 0 Å². The van der Waals surface area contributed by atoms with Crippen LogP contribution in [0.4, 0.5) is 15.0 Å². The van der Waals surface area contributed by atoms with Gasteiger partial charge in [0.1, 0.15) is 11.6 Å². The van der Waals surface area contributed by atoms with Crippen molar-refractivity contribution >= 4 is 17.8 Å². The molecule has 0 aliphatic carbocycles. The van der Waals surface area contributed by atoms with E-state index in [1.165, 1.54) is 6.07 Å². The fourth-order valence-corrected chi connectivity index (χ4v) is 4.76. The molecule has 0 radical (unpaired) electrons. The van der Waals surface area contributed by atoms with Gasteiger partial charge < -0.3 is 19.9 Å². The van der Waals surface area contributed by atoms with Gasteiger partial charge in [0.15, 0.2) is 0 Å². The zero-order valence-electron chi connectivity index (χ0n) is 21.1. The number of nitrogens with zero attached hydrogens (tertiary/aromatic N) is 4. The Balaban J connectivity index is 1.25. The van der Waals surface area contributed by atoms with Crippen LogP contribution in [-0.4, -0.2) is 84.2 Å². The largest absolute Gasteiger partial charge is 0.447 e. The molecule has 1 atom stereocenters.